The normalized spacial score (nSPS) is 10.2. The first kappa shape index (κ1) is 23.7. The molecule has 8 nitrogen and oxygen atoms in total. The number of carbonyl (C=O) groups excluding carboxylic acids is 2. The maximum atomic E-state index is 12.6. The maximum Gasteiger partial charge on any atom is 0.262 e. The first-order valence-electron chi connectivity index (χ1n) is 9.83. The van der Waals surface area contributed by atoms with Crippen LogP contribution in [-0.4, -0.2) is 39.8 Å². The highest BCUT2D eigenvalue weighted by molar-refractivity contribution is 6.32. The van der Waals surface area contributed by atoms with Gasteiger partial charge in [0.25, 0.3) is 11.8 Å². The molecule has 0 heterocycles. The third-order valence-electron chi connectivity index (χ3n) is 4.57. The number of hydrogen-bond acceptors (Lipinski definition) is 6. The summed E-state index contributed by atoms with van der Waals surface area (Å²) in [6.45, 7) is -0.238. The Hall–Kier alpha value is -3.91. The van der Waals surface area contributed by atoms with Crippen molar-refractivity contribution in [1.29, 1.82) is 0 Å². The van der Waals surface area contributed by atoms with E-state index in [-0.39, 0.29) is 18.4 Å². The number of carbonyl (C=O) groups is 2. The number of nitrogens with one attached hydrogen (secondary N) is 2. The lowest BCUT2D eigenvalue weighted by Crippen LogP contribution is -2.20. The zero-order valence-corrected chi connectivity index (χ0v) is 19.1. The Balaban J connectivity index is 1.61. The number of benzene rings is 3. The molecule has 0 saturated carbocycles. The van der Waals surface area contributed by atoms with Gasteiger partial charge in [0.1, 0.15) is 11.5 Å². The van der Waals surface area contributed by atoms with Crippen LogP contribution in [0.25, 0.3) is 0 Å². The van der Waals surface area contributed by atoms with Gasteiger partial charge in [-0.15, -0.1) is 0 Å². The Morgan fingerprint density at radius 3 is 2.06 bits per heavy atom. The molecule has 3 rings (SSSR count). The minimum atomic E-state index is -0.363. The van der Waals surface area contributed by atoms with Gasteiger partial charge in [0, 0.05) is 16.9 Å². The van der Waals surface area contributed by atoms with Crippen molar-refractivity contribution >= 4 is 34.8 Å². The Morgan fingerprint density at radius 2 is 1.42 bits per heavy atom. The molecule has 0 spiro atoms. The number of methoxy groups -OCH3 is 3. The van der Waals surface area contributed by atoms with E-state index in [1.807, 2.05) is 0 Å². The van der Waals surface area contributed by atoms with Gasteiger partial charge >= 0.3 is 0 Å². The summed E-state index contributed by atoms with van der Waals surface area (Å²) in [5, 5.41) is 5.86. The van der Waals surface area contributed by atoms with E-state index in [0.717, 1.165) is 0 Å². The Bertz CT molecular complexity index is 1130. The molecule has 0 bridgehead atoms. The number of anilines is 2. The van der Waals surface area contributed by atoms with Crippen LogP contribution in [0.3, 0.4) is 0 Å². The monoisotopic (exact) mass is 470 g/mol. The van der Waals surface area contributed by atoms with Crippen LogP contribution < -0.4 is 29.6 Å². The fourth-order valence-electron chi connectivity index (χ4n) is 2.89. The summed E-state index contributed by atoms with van der Waals surface area (Å²) in [7, 11) is 4.53. The summed E-state index contributed by atoms with van der Waals surface area (Å²) in [4.78, 5) is 24.8. The van der Waals surface area contributed by atoms with Crippen LogP contribution in [0.2, 0.25) is 5.02 Å². The smallest absolute Gasteiger partial charge is 0.262 e. The number of ether oxygens (including phenoxy) is 4. The summed E-state index contributed by atoms with van der Waals surface area (Å²) < 4.78 is 21.1. The van der Waals surface area contributed by atoms with Gasteiger partial charge in [-0.2, -0.15) is 0 Å². The predicted molar refractivity (Wildman–Crippen MR) is 126 cm³/mol. The molecule has 3 aromatic rings. The molecule has 3 aromatic carbocycles. The minimum absolute atomic E-state index is 0.238. The number of amides is 2. The summed E-state index contributed by atoms with van der Waals surface area (Å²) >= 11 is 6.10. The number of halogens is 1. The average molecular weight is 471 g/mol. The van der Waals surface area contributed by atoms with Crippen LogP contribution in [0.1, 0.15) is 10.4 Å². The van der Waals surface area contributed by atoms with Crippen LogP contribution in [0.15, 0.2) is 60.7 Å². The highest BCUT2D eigenvalue weighted by Crippen LogP contribution is 2.30. The number of hydrogen-bond donors (Lipinski definition) is 2. The molecule has 0 atom stereocenters. The SMILES string of the molecule is COc1ccc(NC(=O)COc2ccc(C(=O)Nc3ccc(OC)c(Cl)c3)cc2OC)cc1. The molecule has 9 heteroatoms. The zero-order valence-electron chi connectivity index (χ0n) is 18.3. The van der Waals surface area contributed by atoms with E-state index in [1.54, 1.807) is 61.7 Å². The highest BCUT2D eigenvalue weighted by Gasteiger charge is 2.14. The number of rotatable bonds is 9. The average Bonchev–Trinajstić information content (AvgIpc) is 2.83. The molecule has 0 unspecified atom stereocenters. The Kier molecular flexibility index (Phi) is 7.99. The largest absolute Gasteiger partial charge is 0.497 e. The fourth-order valence-corrected chi connectivity index (χ4v) is 3.15. The van der Waals surface area contributed by atoms with Crippen molar-refractivity contribution in [1.82, 2.24) is 0 Å². The quantitative estimate of drug-likeness (QED) is 0.473. The maximum absolute atomic E-state index is 12.6. The molecular formula is C24H23ClN2O6. The van der Waals surface area contributed by atoms with Gasteiger partial charge in [0.15, 0.2) is 18.1 Å². The van der Waals surface area contributed by atoms with Gasteiger partial charge in [-0.05, 0) is 60.7 Å². The lowest BCUT2D eigenvalue weighted by molar-refractivity contribution is -0.118. The molecule has 0 fully saturated rings. The van der Waals surface area contributed by atoms with Crippen LogP contribution in [0.5, 0.6) is 23.0 Å². The van der Waals surface area contributed by atoms with Gasteiger partial charge in [-0.3, -0.25) is 9.59 Å². The second-order valence-electron chi connectivity index (χ2n) is 6.73. The summed E-state index contributed by atoms with van der Waals surface area (Å²) in [6.07, 6.45) is 0. The summed E-state index contributed by atoms with van der Waals surface area (Å²) in [5.41, 5.74) is 1.47. The lowest BCUT2D eigenvalue weighted by Gasteiger charge is -2.13. The van der Waals surface area contributed by atoms with Crippen molar-refractivity contribution in [2.75, 3.05) is 38.6 Å². The van der Waals surface area contributed by atoms with Crippen LogP contribution in [-0.2, 0) is 4.79 Å². The standard InChI is InChI=1S/C24H23ClN2O6/c1-30-18-8-5-16(6-9-18)26-23(28)14-33-21-10-4-15(12-22(21)32-3)24(29)27-17-7-11-20(31-2)19(25)13-17/h4-13H,14H2,1-3H3,(H,26,28)(H,27,29). The molecule has 0 saturated heterocycles. The molecule has 172 valence electrons. The molecule has 0 aliphatic carbocycles. The second kappa shape index (κ2) is 11.1. The van der Waals surface area contributed by atoms with E-state index >= 15 is 0 Å². The Morgan fingerprint density at radius 1 is 0.758 bits per heavy atom. The van der Waals surface area contributed by atoms with Crippen molar-refractivity contribution < 1.29 is 28.5 Å². The van der Waals surface area contributed by atoms with Gasteiger partial charge in [-0.1, -0.05) is 11.6 Å². The molecule has 33 heavy (non-hydrogen) atoms. The second-order valence-corrected chi connectivity index (χ2v) is 7.14. The topological polar surface area (TPSA) is 95.1 Å². The summed E-state index contributed by atoms with van der Waals surface area (Å²) in [6, 6.07) is 16.5. The van der Waals surface area contributed by atoms with Crippen molar-refractivity contribution in [3.63, 3.8) is 0 Å². The third kappa shape index (κ3) is 6.30. The molecule has 0 radical (unpaired) electrons. The minimum Gasteiger partial charge on any atom is -0.497 e. The van der Waals surface area contributed by atoms with Crippen molar-refractivity contribution in [3.8, 4) is 23.0 Å². The lowest BCUT2D eigenvalue weighted by atomic mass is 10.1. The zero-order chi connectivity index (χ0) is 23.8. The first-order chi connectivity index (χ1) is 15.9. The third-order valence-corrected chi connectivity index (χ3v) is 4.86. The molecule has 0 aliphatic heterocycles. The Labute approximate surface area is 196 Å². The van der Waals surface area contributed by atoms with Gasteiger partial charge in [0.05, 0.1) is 26.4 Å². The van der Waals surface area contributed by atoms with Gasteiger partial charge in [-0.25, -0.2) is 0 Å². The van der Waals surface area contributed by atoms with E-state index in [4.69, 9.17) is 30.5 Å². The van der Waals surface area contributed by atoms with E-state index in [0.29, 0.717) is 45.0 Å². The fraction of sp³-hybridized carbons (Fsp3) is 0.167. The molecule has 2 N–H and O–H groups in total. The molecule has 2 amide bonds. The first-order valence-corrected chi connectivity index (χ1v) is 10.2. The molecular weight excluding hydrogens is 448 g/mol. The van der Waals surface area contributed by atoms with Crippen LogP contribution >= 0.6 is 11.6 Å². The van der Waals surface area contributed by atoms with Crippen molar-refractivity contribution in [3.05, 3.63) is 71.2 Å². The van der Waals surface area contributed by atoms with Crippen LogP contribution in [0.4, 0.5) is 11.4 Å². The van der Waals surface area contributed by atoms with Crippen LogP contribution in [0, 0.1) is 0 Å². The van der Waals surface area contributed by atoms with E-state index in [2.05, 4.69) is 10.6 Å². The van der Waals surface area contributed by atoms with E-state index in [1.165, 1.54) is 20.3 Å². The highest BCUT2D eigenvalue weighted by atomic mass is 35.5. The van der Waals surface area contributed by atoms with Crippen molar-refractivity contribution in [2.45, 2.75) is 0 Å². The van der Waals surface area contributed by atoms with E-state index in [9.17, 15) is 9.59 Å². The van der Waals surface area contributed by atoms with Crippen molar-refractivity contribution in [2.24, 2.45) is 0 Å². The van der Waals surface area contributed by atoms with Gasteiger partial charge in [0.2, 0.25) is 0 Å². The van der Waals surface area contributed by atoms with E-state index < -0.39 is 0 Å². The molecule has 0 aromatic heterocycles. The summed E-state index contributed by atoms with van der Waals surface area (Å²) in [5.74, 6) is 1.12. The van der Waals surface area contributed by atoms with Gasteiger partial charge < -0.3 is 29.6 Å². The molecule has 0 aliphatic rings. The predicted octanol–water partition coefficient (Wildman–Crippen LogP) is 4.64.